The van der Waals surface area contributed by atoms with Crippen LogP contribution in [0, 0.1) is 0 Å². The maximum atomic E-state index is 5.62. The molecule has 2 aromatic carbocycles. The van der Waals surface area contributed by atoms with Gasteiger partial charge in [0.1, 0.15) is 5.82 Å². The highest BCUT2D eigenvalue weighted by atomic mass is 16.5. The van der Waals surface area contributed by atoms with Crippen molar-refractivity contribution in [1.29, 1.82) is 0 Å². The molecule has 0 radical (unpaired) electrons. The van der Waals surface area contributed by atoms with Crippen LogP contribution < -0.4 is 0 Å². The van der Waals surface area contributed by atoms with Crippen molar-refractivity contribution in [2.24, 2.45) is 0 Å². The van der Waals surface area contributed by atoms with E-state index in [0.717, 1.165) is 29.0 Å². The van der Waals surface area contributed by atoms with Gasteiger partial charge in [0, 0.05) is 13.7 Å². The monoisotopic (exact) mass is 322 g/mol. The summed E-state index contributed by atoms with van der Waals surface area (Å²) >= 11 is 0. The van der Waals surface area contributed by atoms with Crippen LogP contribution in [0.2, 0.25) is 0 Å². The maximum Gasteiger partial charge on any atom is 0.133 e. The van der Waals surface area contributed by atoms with E-state index in [1.807, 2.05) is 36.4 Å². The van der Waals surface area contributed by atoms with Crippen molar-refractivity contribution >= 4 is 23.2 Å². The molecule has 0 amide bonds. The van der Waals surface area contributed by atoms with E-state index >= 15 is 0 Å². The first-order chi connectivity index (χ1) is 11.9. The molecule has 0 spiro atoms. The Balaban J connectivity index is 1.80. The molecule has 1 heterocycles. The van der Waals surface area contributed by atoms with Crippen molar-refractivity contribution < 1.29 is 9.47 Å². The molecule has 0 fully saturated rings. The Morgan fingerprint density at radius 3 is 2.54 bits per heavy atom. The molecule has 0 aliphatic rings. The minimum atomic E-state index is 0.609. The van der Waals surface area contributed by atoms with E-state index < -0.39 is 0 Å². The fourth-order valence-electron chi connectivity index (χ4n) is 2.59. The van der Waals surface area contributed by atoms with Gasteiger partial charge in [-0.05, 0) is 23.8 Å². The van der Waals surface area contributed by atoms with Crippen LogP contribution in [0.25, 0.3) is 23.2 Å². The lowest BCUT2D eigenvalue weighted by Gasteiger charge is -2.08. The first-order valence-corrected chi connectivity index (χ1v) is 8.13. The number of fused-ring (bicyclic) bond motifs is 1. The van der Waals surface area contributed by atoms with E-state index in [9.17, 15) is 0 Å². The summed E-state index contributed by atoms with van der Waals surface area (Å²) in [6, 6.07) is 18.4. The summed E-state index contributed by atoms with van der Waals surface area (Å²) < 4.78 is 12.8. The zero-order valence-corrected chi connectivity index (χ0v) is 13.9. The van der Waals surface area contributed by atoms with Crippen molar-refractivity contribution in [3.05, 3.63) is 66.0 Å². The van der Waals surface area contributed by atoms with E-state index in [2.05, 4.69) is 34.9 Å². The topological polar surface area (TPSA) is 36.3 Å². The molecule has 4 nitrogen and oxygen atoms in total. The van der Waals surface area contributed by atoms with Crippen LogP contribution in [-0.4, -0.2) is 36.5 Å². The molecule has 124 valence electrons. The predicted octanol–water partition coefficient (Wildman–Crippen LogP) is 3.87. The summed E-state index contributed by atoms with van der Waals surface area (Å²) in [5, 5.41) is 0. The predicted molar refractivity (Wildman–Crippen MR) is 97.8 cm³/mol. The van der Waals surface area contributed by atoms with Crippen LogP contribution in [0.3, 0.4) is 0 Å². The second kappa shape index (κ2) is 8.43. The average Bonchev–Trinajstić information content (AvgIpc) is 2.98. The Morgan fingerprint density at radius 2 is 1.71 bits per heavy atom. The van der Waals surface area contributed by atoms with Gasteiger partial charge < -0.3 is 14.0 Å². The fraction of sp³-hybridized carbons (Fsp3) is 0.250. The lowest BCUT2D eigenvalue weighted by atomic mass is 10.2. The van der Waals surface area contributed by atoms with Crippen LogP contribution in [-0.2, 0) is 16.0 Å². The molecule has 3 rings (SSSR count). The van der Waals surface area contributed by atoms with Crippen molar-refractivity contribution in [2.45, 2.75) is 6.54 Å². The smallest absolute Gasteiger partial charge is 0.133 e. The summed E-state index contributed by atoms with van der Waals surface area (Å²) in [6.45, 7) is 2.62. The SMILES string of the molecule is COCCOCCn1c(/C=C/c2ccccc2)nc2ccccc21. The quantitative estimate of drug-likeness (QED) is 0.591. The van der Waals surface area contributed by atoms with Gasteiger partial charge >= 0.3 is 0 Å². The third-order valence-electron chi connectivity index (χ3n) is 3.80. The molecule has 1 aromatic heterocycles. The molecule has 0 aliphatic heterocycles. The minimum absolute atomic E-state index is 0.609. The normalized spacial score (nSPS) is 11.5. The largest absolute Gasteiger partial charge is 0.382 e. The molecule has 4 heteroatoms. The molecule has 3 aromatic rings. The zero-order valence-electron chi connectivity index (χ0n) is 13.9. The van der Waals surface area contributed by atoms with Gasteiger partial charge in [-0.25, -0.2) is 4.98 Å². The fourth-order valence-corrected chi connectivity index (χ4v) is 2.59. The molecule has 0 saturated carbocycles. The Labute approximate surface area is 142 Å². The molecule has 0 unspecified atom stereocenters. The molecule has 24 heavy (non-hydrogen) atoms. The number of rotatable bonds is 8. The maximum absolute atomic E-state index is 5.62. The number of nitrogens with zero attached hydrogens (tertiary/aromatic N) is 2. The average molecular weight is 322 g/mol. The van der Waals surface area contributed by atoms with Crippen molar-refractivity contribution in [3.8, 4) is 0 Å². The lowest BCUT2D eigenvalue weighted by molar-refractivity contribution is 0.0669. The number of methoxy groups -OCH3 is 1. The summed E-state index contributed by atoms with van der Waals surface area (Å²) in [6.07, 6.45) is 4.15. The first-order valence-electron chi connectivity index (χ1n) is 8.13. The molecule has 0 N–H and O–H groups in total. The highest BCUT2D eigenvalue weighted by Gasteiger charge is 2.07. The number of aromatic nitrogens is 2. The van der Waals surface area contributed by atoms with E-state index in [4.69, 9.17) is 14.5 Å². The molecule has 0 bridgehead atoms. The second-order valence-electron chi connectivity index (χ2n) is 5.46. The third-order valence-corrected chi connectivity index (χ3v) is 3.80. The van der Waals surface area contributed by atoms with Gasteiger partial charge in [0.25, 0.3) is 0 Å². The Morgan fingerprint density at radius 1 is 0.917 bits per heavy atom. The van der Waals surface area contributed by atoms with Crippen LogP contribution in [0.15, 0.2) is 54.6 Å². The van der Waals surface area contributed by atoms with Gasteiger partial charge in [-0.15, -0.1) is 0 Å². The number of hydrogen-bond donors (Lipinski definition) is 0. The number of ether oxygens (including phenoxy) is 2. The Hall–Kier alpha value is -2.43. The van der Waals surface area contributed by atoms with Gasteiger partial charge in [-0.1, -0.05) is 48.5 Å². The van der Waals surface area contributed by atoms with E-state index in [-0.39, 0.29) is 0 Å². The van der Waals surface area contributed by atoms with Crippen molar-refractivity contribution in [3.63, 3.8) is 0 Å². The zero-order chi connectivity index (χ0) is 16.6. The molecule has 0 aliphatic carbocycles. The molecule has 0 atom stereocenters. The standard InChI is InChI=1S/C20H22N2O2/c1-23-15-16-24-14-13-22-19-10-6-5-9-18(19)21-20(22)12-11-17-7-3-2-4-8-17/h2-12H,13-16H2,1H3/b12-11+. The van der Waals surface area contributed by atoms with E-state index in [1.54, 1.807) is 7.11 Å². The Kier molecular flexibility index (Phi) is 5.77. The highest BCUT2D eigenvalue weighted by molar-refractivity contribution is 5.79. The van der Waals surface area contributed by atoms with E-state index in [1.165, 1.54) is 0 Å². The van der Waals surface area contributed by atoms with E-state index in [0.29, 0.717) is 19.8 Å². The van der Waals surface area contributed by atoms with Gasteiger partial charge in [-0.3, -0.25) is 0 Å². The van der Waals surface area contributed by atoms with Crippen LogP contribution in [0.4, 0.5) is 0 Å². The summed E-state index contributed by atoms with van der Waals surface area (Å²) in [4.78, 5) is 4.74. The number of benzene rings is 2. The number of imidazole rings is 1. The number of hydrogen-bond acceptors (Lipinski definition) is 3. The van der Waals surface area contributed by atoms with Gasteiger partial charge in [0.2, 0.25) is 0 Å². The van der Waals surface area contributed by atoms with Crippen LogP contribution in [0.5, 0.6) is 0 Å². The summed E-state index contributed by atoms with van der Waals surface area (Å²) in [7, 11) is 1.68. The molecular formula is C20H22N2O2. The van der Waals surface area contributed by atoms with Crippen LogP contribution in [0.1, 0.15) is 11.4 Å². The first kappa shape index (κ1) is 16.4. The Bertz CT molecular complexity index is 794. The van der Waals surface area contributed by atoms with Gasteiger partial charge in [0.15, 0.2) is 0 Å². The number of para-hydroxylation sites is 2. The second-order valence-corrected chi connectivity index (χ2v) is 5.46. The summed E-state index contributed by atoms with van der Waals surface area (Å²) in [5.41, 5.74) is 3.29. The lowest BCUT2D eigenvalue weighted by Crippen LogP contribution is -2.10. The van der Waals surface area contributed by atoms with Crippen molar-refractivity contribution in [2.75, 3.05) is 26.9 Å². The third kappa shape index (κ3) is 4.10. The highest BCUT2D eigenvalue weighted by Crippen LogP contribution is 2.18. The van der Waals surface area contributed by atoms with Gasteiger partial charge in [0.05, 0.1) is 30.9 Å². The van der Waals surface area contributed by atoms with Gasteiger partial charge in [-0.2, -0.15) is 0 Å². The molecular weight excluding hydrogens is 300 g/mol. The minimum Gasteiger partial charge on any atom is -0.382 e. The molecule has 0 saturated heterocycles. The van der Waals surface area contributed by atoms with Crippen molar-refractivity contribution in [1.82, 2.24) is 9.55 Å². The summed E-state index contributed by atoms with van der Waals surface area (Å²) in [5.74, 6) is 0.940. The van der Waals surface area contributed by atoms with Crippen LogP contribution >= 0.6 is 0 Å².